The normalized spacial score (nSPS) is 16.7. The van der Waals surface area contributed by atoms with Crippen molar-refractivity contribution in [3.05, 3.63) is 29.3 Å². The lowest BCUT2D eigenvalue weighted by Crippen LogP contribution is -2.19. The predicted octanol–water partition coefficient (Wildman–Crippen LogP) is 4.13. The van der Waals surface area contributed by atoms with Gasteiger partial charge in [0.05, 0.1) is 16.8 Å². The molecule has 1 N–H and O–H groups in total. The van der Waals surface area contributed by atoms with E-state index in [-0.39, 0.29) is 5.56 Å². The van der Waals surface area contributed by atoms with Crippen LogP contribution in [0.2, 0.25) is 0 Å². The summed E-state index contributed by atoms with van der Waals surface area (Å²) in [6, 6.07) is 5.09. The van der Waals surface area contributed by atoms with Crippen molar-refractivity contribution in [1.82, 2.24) is 0 Å². The highest BCUT2D eigenvalue weighted by Gasteiger charge is 2.31. The zero-order chi connectivity index (χ0) is 14.6. The number of alkyl halides is 3. The summed E-state index contributed by atoms with van der Waals surface area (Å²) in [6.07, 6.45) is -2.19. The van der Waals surface area contributed by atoms with E-state index in [1.165, 1.54) is 6.07 Å². The summed E-state index contributed by atoms with van der Waals surface area (Å²) in [4.78, 5) is 0. The summed E-state index contributed by atoms with van der Waals surface area (Å²) in [6.45, 7) is 0.709. The number of benzene rings is 1. The van der Waals surface area contributed by atoms with Gasteiger partial charge in [-0.1, -0.05) is 0 Å². The Bertz CT molecular complexity index is 502. The maximum Gasteiger partial charge on any atom is 0.416 e. The van der Waals surface area contributed by atoms with Crippen molar-refractivity contribution in [3.63, 3.8) is 0 Å². The average molecular weight is 300 g/mol. The Morgan fingerprint density at radius 1 is 1.30 bits per heavy atom. The van der Waals surface area contributed by atoms with Crippen LogP contribution in [0.25, 0.3) is 0 Å². The van der Waals surface area contributed by atoms with Crippen LogP contribution in [-0.2, 0) is 6.18 Å². The molecule has 1 heterocycles. The SMILES string of the molecule is N#Cc1cc(C(F)(F)F)ccc1NCC1CCSCC1. The molecule has 2 nitrogen and oxygen atoms in total. The van der Waals surface area contributed by atoms with Crippen molar-refractivity contribution in [2.24, 2.45) is 5.92 Å². The highest BCUT2D eigenvalue weighted by Crippen LogP contribution is 2.32. The molecule has 1 aliphatic rings. The molecule has 0 aliphatic carbocycles. The van der Waals surface area contributed by atoms with E-state index in [1.54, 1.807) is 0 Å². The molecule has 1 saturated heterocycles. The van der Waals surface area contributed by atoms with Gasteiger partial charge in [-0.15, -0.1) is 0 Å². The molecule has 108 valence electrons. The second-order valence-electron chi connectivity index (χ2n) is 4.81. The lowest BCUT2D eigenvalue weighted by molar-refractivity contribution is -0.137. The van der Waals surface area contributed by atoms with E-state index in [2.05, 4.69) is 5.32 Å². The monoisotopic (exact) mass is 300 g/mol. The Kier molecular flexibility index (Phi) is 4.81. The fourth-order valence-electron chi connectivity index (χ4n) is 2.17. The van der Waals surface area contributed by atoms with Gasteiger partial charge in [-0.2, -0.15) is 30.2 Å². The van der Waals surface area contributed by atoms with E-state index in [1.807, 2.05) is 17.8 Å². The van der Waals surface area contributed by atoms with Gasteiger partial charge in [0.25, 0.3) is 0 Å². The van der Waals surface area contributed by atoms with Gasteiger partial charge in [0, 0.05) is 6.54 Å². The van der Waals surface area contributed by atoms with Crippen LogP contribution < -0.4 is 5.32 Å². The smallest absolute Gasteiger partial charge is 0.384 e. The van der Waals surface area contributed by atoms with Gasteiger partial charge in [-0.05, 0) is 48.5 Å². The van der Waals surface area contributed by atoms with Crippen LogP contribution in [0, 0.1) is 17.2 Å². The van der Waals surface area contributed by atoms with Crippen LogP contribution in [0.4, 0.5) is 18.9 Å². The van der Waals surface area contributed by atoms with Crippen molar-refractivity contribution >= 4 is 17.4 Å². The standard InChI is InChI=1S/C14H15F3N2S/c15-14(16,17)12-1-2-13(11(7-12)8-18)19-9-10-3-5-20-6-4-10/h1-2,7,10,19H,3-6,9H2. The quantitative estimate of drug-likeness (QED) is 0.911. The first kappa shape index (κ1) is 15.0. The zero-order valence-corrected chi connectivity index (χ0v) is 11.7. The molecule has 6 heteroatoms. The van der Waals surface area contributed by atoms with Crippen molar-refractivity contribution < 1.29 is 13.2 Å². The Morgan fingerprint density at radius 3 is 2.60 bits per heavy atom. The Morgan fingerprint density at radius 2 is 2.00 bits per heavy atom. The van der Waals surface area contributed by atoms with Crippen LogP contribution in [0.1, 0.15) is 24.0 Å². The number of hydrogen-bond donors (Lipinski definition) is 1. The largest absolute Gasteiger partial charge is 0.416 e. The number of hydrogen-bond acceptors (Lipinski definition) is 3. The van der Waals surface area contributed by atoms with Gasteiger partial charge < -0.3 is 5.32 Å². The Balaban J connectivity index is 2.06. The number of anilines is 1. The van der Waals surface area contributed by atoms with Crippen molar-refractivity contribution in [2.75, 3.05) is 23.4 Å². The van der Waals surface area contributed by atoms with Crippen LogP contribution in [0.5, 0.6) is 0 Å². The van der Waals surface area contributed by atoms with E-state index in [0.29, 0.717) is 18.2 Å². The van der Waals surface area contributed by atoms with Crippen LogP contribution in [0.3, 0.4) is 0 Å². The fraction of sp³-hybridized carbons (Fsp3) is 0.500. The molecule has 20 heavy (non-hydrogen) atoms. The maximum absolute atomic E-state index is 12.6. The zero-order valence-electron chi connectivity index (χ0n) is 10.8. The molecule has 0 atom stereocenters. The summed E-state index contributed by atoms with van der Waals surface area (Å²) < 4.78 is 37.7. The number of nitrogens with zero attached hydrogens (tertiary/aromatic N) is 1. The number of rotatable bonds is 3. The van der Waals surface area contributed by atoms with Crippen molar-refractivity contribution in [3.8, 4) is 6.07 Å². The lowest BCUT2D eigenvalue weighted by atomic mass is 10.0. The third-order valence-electron chi connectivity index (χ3n) is 3.39. The van der Waals surface area contributed by atoms with E-state index in [9.17, 15) is 13.2 Å². The van der Waals surface area contributed by atoms with Crippen LogP contribution in [-0.4, -0.2) is 18.1 Å². The minimum absolute atomic E-state index is 0.0463. The van der Waals surface area contributed by atoms with Crippen LogP contribution in [0.15, 0.2) is 18.2 Å². The highest BCUT2D eigenvalue weighted by molar-refractivity contribution is 7.99. The molecule has 1 fully saturated rings. The fourth-order valence-corrected chi connectivity index (χ4v) is 3.38. The van der Waals surface area contributed by atoms with Crippen LogP contribution >= 0.6 is 11.8 Å². The first-order valence-electron chi connectivity index (χ1n) is 6.43. The number of nitrogens with one attached hydrogen (secondary N) is 1. The van der Waals surface area contributed by atoms with Gasteiger partial charge in [0.1, 0.15) is 6.07 Å². The molecule has 1 aromatic carbocycles. The molecule has 1 aromatic rings. The molecule has 2 rings (SSSR count). The average Bonchev–Trinajstić information content (AvgIpc) is 2.45. The molecular weight excluding hydrogens is 285 g/mol. The van der Waals surface area contributed by atoms with E-state index in [4.69, 9.17) is 5.26 Å². The second-order valence-corrected chi connectivity index (χ2v) is 6.03. The maximum atomic E-state index is 12.6. The minimum Gasteiger partial charge on any atom is -0.384 e. The molecule has 0 aromatic heterocycles. The van der Waals surface area contributed by atoms with Crippen molar-refractivity contribution in [2.45, 2.75) is 19.0 Å². The molecule has 0 amide bonds. The van der Waals surface area contributed by atoms with Gasteiger partial charge in [0.15, 0.2) is 0 Å². The third kappa shape index (κ3) is 3.83. The molecule has 1 aliphatic heterocycles. The number of thioether (sulfide) groups is 1. The van der Waals surface area contributed by atoms with E-state index in [0.717, 1.165) is 36.5 Å². The van der Waals surface area contributed by atoms with Gasteiger partial charge in [0.2, 0.25) is 0 Å². The summed E-state index contributed by atoms with van der Waals surface area (Å²) in [7, 11) is 0. The summed E-state index contributed by atoms with van der Waals surface area (Å²) in [5, 5.41) is 12.1. The van der Waals surface area contributed by atoms with Gasteiger partial charge in [-0.3, -0.25) is 0 Å². The second kappa shape index (κ2) is 6.40. The van der Waals surface area contributed by atoms with Gasteiger partial charge >= 0.3 is 6.18 Å². The summed E-state index contributed by atoms with van der Waals surface area (Å²) >= 11 is 1.93. The Labute approximate surface area is 120 Å². The van der Waals surface area contributed by atoms with E-state index < -0.39 is 11.7 Å². The topological polar surface area (TPSA) is 35.8 Å². The predicted molar refractivity (Wildman–Crippen MR) is 74.7 cm³/mol. The summed E-state index contributed by atoms with van der Waals surface area (Å²) in [5.74, 6) is 2.79. The van der Waals surface area contributed by atoms with E-state index >= 15 is 0 Å². The third-order valence-corrected chi connectivity index (χ3v) is 4.44. The first-order chi connectivity index (χ1) is 9.50. The summed E-state index contributed by atoms with van der Waals surface area (Å²) in [5.41, 5.74) is -0.252. The minimum atomic E-state index is -4.41. The van der Waals surface area contributed by atoms with Crippen molar-refractivity contribution in [1.29, 1.82) is 5.26 Å². The lowest BCUT2D eigenvalue weighted by Gasteiger charge is -2.22. The first-order valence-corrected chi connectivity index (χ1v) is 7.59. The molecule has 0 unspecified atom stereocenters. The molecular formula is C14H15F3N2S. The number of nitriles is 1. The Hall–Kier alpha value is -1.35. The highest BCUT2D eigenvalue weighted by atomic mass is 32.2. The number of halogens is 3. The molecule has 0 bridgehead atoms. The molecule has 0 spiro atoms. The van der Waals surface area contributed by atoms with Gasteiger partial charge in [-0.25, -0.2) is 0 Å². The molecule has 0 saturated carbocycles. The molecule has 0 radical (unpaired) electrons.